The van der Waals surface area contributed by atoms with Gasteiger partial charge in [-0.15, -0.1) is 0 Å². The second kappa shape index (κ2) is 14.6. The van der Waals surface area contributed by atoms with Gasteiger partial charge in [-0.1, -0.05) is 54.6 Å². The second-order valence-corrected chi connectivity index (χ2v) is 15.7. The second-order valence-electron chi connectivity index (χ2n) is 15.7. The highest BCUT2D eigenvalue weighted by atomic mass is 16.5. The Hall–Kier alpha value is -4.37. The van der Waals surface area contributed by atoms with Crippen LogP contribution in [0.25, 0.3) is 10.8 Å². The third kappa shape index (κ3) is 6.80. The van der Waals surface area contributed by atoms with Gasteiger partial charge in [-0.2, -0.15) is 0 Å². The van der Waals surface area contributed by atoms with Crippen molar-refractivity contribution in [3.8, 4) is 11.5 Å². The van der Waals surface area contributed by atoms with Gasteiger partial charge in [0.15, 0.2) is 0 Å². The van der Waals surface area contributed by atoms with Gasteiger partial charge in [-0.25, -0.2) is 0 Å². The van der Waals surface area contributed by atoms with E-state index in [-0.39, 0.29) is 59.9 Å². The number of hydrogen-bond donors (Lipinski definition) is 1. The number of benzene rings is 3. The average molecular weight is 709 g/mol. The third-order valence-electron chi connectivity index (χ3n) is 12.6. The highest BCUT2D eigenvalue weighted by molar-refractivity contribution is 5.98. The van der Waals surface area contributed by atoms with Crippen LogP contribution in [0.15, 0.2) is 66.7 Å². The molecule has 4 atom stereocenters. The number of hydrogen-bond acceptors (Lipinski definition) is 7. The molecule has 4 aliphatic carbocycles. The number of amides is 2. The van der Waals surface area contributed by atoms with E-state index < -0.39 is 5.41 Å². The van der Waals surface area contributed by atoms with Gasteiger partial charge in [0.25, 0.3) is 5.91 Å². The van der Waals surface area contributed by atoms with Crippen LogP contribution in [-0.2, 0) is 25.7 Å². The van der Waals surface area contributed by atoms with Crippen LogP contribution in [0.5, 0.6) is 11.5 Å². The number of nitrogens with one attached hydrogen (secondary N) is 1. The van der Waals surface area contributed by atoms with Crippen molar-refractivity contribution in [2.45, 2.75) is 89.6 Å². The van der Waals surface area contributed by atoms with Crippen molar-refractivity contribution < 1.29 is 33.3 Å². The maximum atomic E-state index is 14.3. The van der Waals surface area contributed by atoms with Crippen LogP contribution >= 0.6 is 0 Å². The molecule has 0 aliphatic heterocycles. The Kier molecular flexibility index (Phi) is 10.1. The summed E-state index contributed by atoms with van der Waals surface area (Å²) in [5, 5.41) is 5.39. The molecule has 4 aliphatic rings. The fourth-order valence-electron chi connectivity index (χ4n) is 8.98. The normalized spacial score (nSPS) is 27.1. The SMILES string of the molecule is COc1cc(C)c(OC2CCC(C)(C(=O)OCc3cccc4ccccc34)CC2)cc1C(=O)N(C)[C@H]1[C@@H](C(=O)NCC2(OC)CCC2)[C@@H]2C=C[C@H]1C2. The van der Waals surface area contributed by atoms with Crippen molar-refractivity contribution in [2.75, 3.05) is 27.8 Å². The minimum absolute atomic E-state index is 0.0218. The third-order valence-corrected chi connectivity index (χ3v) is 12.6. The van der Waals surface area contributed by atoms with Crippen molar-refractivity contribution in [3.05, 3.63) is 83.4 Å². The van der Waals surface area contributed by atoms with Gasteiger partial charge in [-0.05, 0) is 111 Å². The summed E-state index contributed by atoms with van der Waals surface area (Å²) in [5.41, 5.74) is 1.40. The molecule has 0 spiro atoms. The molecule has 0 heterocycles. The summed E-state index contributed by atoms with van der Waals surface area (Å²) in [4.78, 5) is 43.1. The van der Waals surface area contributed by atoms with Crippen LogP contribution in [0, 0.1) is 30.1 Å². The van der Waals surface area contributed by atoms with Crippen LogP contribution < -0.4 is 14.8 Å². The van der Waals surface area contributed by atoms with Gasteiger partial charge < -0.3 is 29.2 Å². The van der Waals surface area contributed by atoms with E-state index >= 15 is 0 Å². The zero-order valence-electron chi connectivity index (χ0n) is 31.1. The first-order chi connectivity index (χ1) is 25.0. The van der Waals surface area contributed by atoms with E-state index in [4.69, 9.17) is 18.9 Å². The Morgan fingerprint density at radius 2 is 1.65 bits per heavy atom. The number of aryl methyl sites for hydroxylation is 1. The van der Waals surface area contributed by atoms with Gasteiger partial charge in [0.05, 0.1) is 41.8 Å². The van der Waals surface area contributed by atoms with Gasteiger partial charge in [-0.3, -0.25) is 14.4 Å². The van der Waals surface area contributed by atoms with Crippen molar-refractivity contribution in [2.24, 2.45) is 23.2 Å². The van der Waals surface area contributed by atoms with Crippen LogP contribution in [0.1, 0.15) is 79.8 Å². The lowest BCUT2D eigenvalue weighted by atomic mass is 9.74. The molecule has 3 aromatic carbocycles. The number of ether oxygens (including phenoxy) is 4. The number of esters is 1. The maximum absolute atomic E-state index is 14.3. The van der Waals surface area contributed by atoms with E-state index in [9.17, 15) is 14.4 Å². The topological polar surface area (TPSA) is 103 Å². The van der Waals surface area contributed by atoms with Gasteiger partial charge in [0, 0.05) is 20.7 Å². The summed E-state index contributed by atoms with van der Waals surface area (Å²) in [6.45, 7) is 4.67. The van der Waals surface area contributed by atoms with E-state index in [1.165, 1.54) is 0 Å². The van der Waals surface area contributed by atoms with Crippen LogP contribution in [0.3, 0.4) is 0 Å². The average Bonchev–Trinajstić information content (AvgIpc) is 3.77. The van der Waals surface area contributed by atoms with E-state index in [1.54, 1.807) is 32.2 Å². The van der Waals surface area contributed by atoms with Crippen molar-refractivity contribution in [3.63, 3.8) is 0 Å². The molecule has 9 nitrogen and oxygen atoms in total. The first kappa shape index (κ1) is 36.0. The largest absolute Gasteiger partial charge is 0.496 e. The number of carbonyl (C=O) groups is 3. The number of fused-ring (bicyclic) bond motifs is 3. The number of nitrogens with zero attached hydrogens (tertiary/aromatic N) is 1. The van der Waals surface area contributed by atoms with E-state index in [1.807, 2.05) is 44.2 Å². The Labute approximate surface area is 307 Å². The summed E-state index contributed by atoms with van der Waals surface area (Å²) in [6, 6.07) is 17.6. The molecule has 2 bridgehead atoms. The van der Waals surface area contributed by atoms with Gasteiger partial charge >= 0.3 is 5.97 Å². The molecule has 1 N–H and O–H groups in total. The summed E-state index contributed by atoms with van der Waals surface area (Å²) in [5.74, 6) is 0.554. The van der Waals surface area contributed by atoms with Crippen LogP contribution in [-0.4, -0.2) is 68.2 Å². The number of carbonyl (C=O) groups excluding carboxylic acids is 3. The molecule has 0 unspecified atom stereocenters. The predicted molar refractivity (Wildman–Crippen MR) is 199 cm³/mol. The summed E-state index contributed by atoms with van der Waals surface area (Å²) >= 11 is 0. The fourth-order valence-corrected chi connectivity index (χ4v) is 8.98. The van der Waals surface area contributed by atoms with E-state index in [0.29, 0.717) is 49.3 Å². The first-order valence-corrected chi connectivity index (χ1v) is 18.8. The highest BCUT2D eigenvalue weighted by Crippen LogP contribution is 2.47. The molecule has 7 rings (SSSR count). The quantitative estimate of drug-likeness (QED) is 0.157. The maximum Gasteiger partial charge on any atom is 0.312 e. The zero-order chi connectivity index (χ0) is 36.6. The lowest BCUT2D eigenvalue weighted by Crippen LogP contribution is -2.54. The predicted octanol–water partition coefficient (Wildman–Crippen LogP) is 7.18. The van der Waals surface area contributed by atoms with Gasteiger partial charge in [0.1, 0.15) is 18.1 Å². The zero-order valence-corrected chi connectivity index (χ0v) is 31.1. The van der Waals surface area contributed by atoms with Crippen molar-refractivity contribution >= 4 is 28.6 Å². The van der Waals surface area contributed by atoms with E-state index in [2.05, 4.69) is 35.7 Å². The minimum Gasteiger partial charge on any atom is -0.496 e. The summed E-state index contributed by atoms with van der Waals surface area (Å²) in [6.07, 6.45) is 10.7. The number of allylic oxidation sites excluding steroid dienone is 1. The lowest BCUT2D eigenvalue weighted by molar-refractivity contribution is -0.159. The molecule has 276 valence electrons. The first-order valence-electron chi connectivity index (χ1n) is 18.8. The molecule has 52 heavy (non-hydrogen) atoms. The lowest BCUT2D eigenvalue weighted by Gasteiger charge is -2.41. The minimum atomic E-state index is -0.594. The molecule has 0 aromatic heterocycles. The fraction of sp³-hybridized carbons (Fsp3) is 0.512. The standard InChI is InChI=1S/C43H52N2O7/c1-27-22-36(49-4)34(40(47)45(3)38-30-15-14-29(23-30)37(38)39(46)44-26-43(50-5)18-9-19-43)24-35(27)52-32-16-20-42(2,21-17-32)41(48)51-25-31-12-8-11-28-10-6-7-13-33(28)31/h6-8,10-15,22,24,29-30,32,37-38H,9,16-21,23,25-26H2,1-5H3,(H,44,46)/t29-,30+,32?,37+,38-,42?/m1/s1. The van der Waals surface area contributed by atoms with Crippen molar-refractivity contribution in [1.29, 1.82) is 0 Å². The van der Waals surface area contributed by atoms with Crippen molar-refractivity contribution in [1.82, 2.24) is 10.2 Å². The van der Waals surface area contributed by atoms with Crippen LogP contribution in [0.2, 0.25) is 0 Å². The molecule has 0 saturated heterocycles. The molecular weight excluding hydrogens is 656 g/mol. The summed E-state index contributed by atoms with van der Waals surface area (Å²) < 4.78 is 23.9. The van der Waals surface area contributed by atoms with Crippen LogP contribution in [0.4, 0.5) is 0 Å². The monoisotopic (exact) mass is 708 g/mol. The molecule has 3 saturated carbocycles. The number of methoxy groups -OCH3 is 2. The Bertz CT molecular complexity index is 1850. The van der Waals surface area contributed by atoms with E-state index in [0.717, 1.165) is 47.6 Å². The van der Waals surface area contributed by atoms with Gasteiger partial charge in [0.2, 0.25) is 5.91 Å². The Balaban J connectivity index is 0.998. The smallest absolute Gasteiger partial charge is 0.312 e. The molecule has 3 aromatic rings. The molecular formula is C43H52N2O7. The highest BCUT2D eigenvalue weighted by Gasteiger charge is 2.51. The molecule has 0 radical (unpaired) electrons. The molecule has 9 heteroatoms. The molecule has 3 fully saturated rings. The molecule has 2 amide bonds. The summed E-state index contributed by atoms with van der Waals surface area (Å²) in [7, 11) is 5.08. The number of rotatable bonds is 12. The Morgan fingerprint density at radius 3 is 2.37 bits per heavy atom. The Morgan fingerprint density at radius 1 is 0.923 bits per heavy atom.